The molecule has 0 atom stereocenters. The summed E-state index contributed by atoms with van der Waals surface area (Å²) in [4.78, 5) is 28.0. The molecule has 0 bridgehead atoms. The Kier molecular flexibility index (Phi) is 2.20. The van der Waals surface area contributed by atoms with E-state index in [0.717, 1.165) is 0 Å². The number of hydrogen-bond donors (Lipinski definition) is 1. The lowest BCUT2D eigenvalue weighted by molar-refractivity contribution is 0.0698. The van der Waals surface area contributed by atoms with Crippen LogP contribution in [0.2, 0.25) is 0 Å². The number of aromatic carboxylic acids is 1. The molecule has 2 aromatic heterocycles. The molecule has 0 radical (unpaired) electrons. The van der Waals surface area contributed by atoms with E-state index in [1.165, 1.54) is 22.7 Å². The van der Waals surface area contributed by atoms with Gasteiger partial charge in [0.05, 0.1) is 10.9 Å². The van der Waals surface area contributed by atoms with Crippen molar-refractivity contribution in [1.29, 1.82) is 0 Å². The zero-order valence-corrected chi connectivity index (χ0v) is 10.6. The number of fused-ring (bicyclic) bond motifs is 3. The van der Waals surface area contributed by atoms with Gasteiger partial charge >= 0.3 is 5.97 Å². The third-order valence-electron chi connectivity index (χ3n) is 3.36. The average Bonchev–Trinajstić information content (AvgIpc) is 2.92. The number of ether oxygens (including phenoxy) is 2. The molecular weight excluding hydrogens is 276 g/mol. The summed E-state index contributed by atoms with van der Waals surface area (Å²) in [6, 6.07) is 6.05. The highest BCUT2D eigenvalue weighted by Crippen LogP contribution is 2.34. The molecule has 3 heterocycles. The van der Waals surface area contributed by atoms with Gasteiger partial charge in [0, 0.05) is 12.3 Å². The van der Waals surface area contributed by atoms with Gasteiger partial charge in [-0.25, -0.2) is 9.78 Å². The Labute approximate surface area is 117 Å². The second kappa shape index (κ2) is 3.95. The van der Waals surface area contributed by atoms with Crippen LogP contribution in [0.4, 0.5) is 0 Å². The molecule has 7 nitrogen and oxygen atoms in total. The maximum Gasteiger partial charge on any atom is 0.339 e. The second-order valence-corrected chi connectivity index (χ2v) is 4.56. The molecule has 0 saturated heterocycles. The number of pyridine rings is 1. The van der Waals surface area contributed by atoms with Gasteiger partial charge in [-0.1, -0.05) is 0 Å². The summed E-state index contributed by atoms with van der Waals surface area (Å²) in [6.07, 6.45) is 1.49. The van der Waals surface area contributed by atoms with Crippen molar-refractivity contribution in [1.82, 2.24) is 9.38 Å². The quantitative estimate of drug-likeness (QED) is 0.677. The van der Waals surface area contributed by atoms with E-state index in [9.17, 15) is 14.7 Å². The van der Waals surface area contributed by atoms with Crippen LogP contribution >= 0.6 is 0 Å². The van der Waals surface area contributed by atoms with Gasteiger partial charge in [-0.3, -0.25) is 9.20 Å². The fourth-order valence-corrected chi connectivity index (χ4v) is 2.38. The third-order valence-corrected chi connectivity index (χ3v) is 3.36. The van der Waals surface area contributed by atoms with E-state index in [4.69, 9.17) is 9.47 Å². The van der Waals surface area contributed by atoms with Gasteiger partial charge in [0.15, 0.2) is 17.1 Å². The summed E-state index contributed by atoms with van der Waals surface area (Å²) >= 11 is 0. The summed E-state index contributed by atoms with van der Waals surface area (Å²) in [5.74, 6) is -0.164. The highest BCUT2D eigenvalue weighted by Gasteiger charge is 2.18. The van der Waals surface area contributed by atoms with Crippen molar-refractivity contribution in [3.8, 4) is 11.5 Å². The number of carboxylic acid groups (broad SMARTS) is 1. The first kappa shape index (κ1) is 11.7. The van der Waals surface area contributed by atoms with Gasteiger partial charge in [-0.15, -0.1) is 0 Å². The van der Waals surface area contributed by atoms with Crippen LogP contribution < -0.4 is 15.0 Å². The monoisotopic (exact) mass is 284 g/mol. The van der Waals surface area contributed by atoms with Crippen molar-refractivity contribution in [2.45, 2.75) is 0 Å². The second-order valence-electron chi connectivity index (χ2n) is 4.56. The van der Waals surface area contributed by atoms with Crippen LogP contribution in [-0.2, 0) is 0 Å². The van der Waals surface area contributed by atoms with Crippen LogP contribution in [0.3, 0.4) is 0 Å². The van der Waals surface area contributed by atoms with Crippen molar-refractivity contribution >= 4 is 22.5 Å². The fourth-order valence-electron chi connectivity index (χ4n) is 2.38. The predicted octanol–water partition coefficient (Wildman–Crippen LogP) is 1.27. The molecule has 1 aliphatic rings. The molecule has 3 aromatic rings. The molecule has 1 N–H and O–H groups in total. The van der Waals surface area contributed by atoms with Gasteiger partial charge in [0.25, 0.3) is 5.56 Å². The Bertz CT molecular complexity index is 976. The van der Waals surface area contributed by atoms with Crippen LogP contribution in [0, 0.1) is 0 Å². The highest BCUT2D eigenvalue weighted by atomic mass is 16.7. The van der Waals surface area contributed by atoms with Crippen LogP contribution in [0.15, 0.2) is 35.3 Å². The topological polar surface area (TPSA) is 90.1 Å². The molecule has 21 heavy (non-hydrogen) atoms. The smallest absolute Gasteiger partial charge is 0.339 e. The lowest BCUT2D eigenvalue weighted by Crippen LogP contribution is -2.17. The van der Waals surface area contributed by atoms with Gasteiger partial charge < -0.3 is 14.6 Å². The van der Waals surface area contributed by atoms with Crippen molar-refractivity contribution in [3.05, 3.63) is 46.4 Å². The minimum absolute atomic E-state index is 0.0332. The molecule has 0 aliphatic carbocycles. The molecule has 7 heteroatoms. The summed E-state index contributed by atoms with van der Waals surface area (Å²) in [6.45, 7) is 0.0902. The van der Waals surface area contributed by atoms with E-state index >= 15 is 0 Å². The van der Waals surface area contributed by atoms with Crippen molar-refractivity contribution in [3.63, 3.8) is 0 Å². The van der Waals surface area contributed by atoms with Gasteiger partial charge in [0.2, 0.25) is 6.79 Å². The number of carboxylic acids is 1. The minimum Gasteiger partial charge on any atom is -0.478 e. The maximum atomic E-state index is 12.5. The number of aromatic nitrogens is 2. The molecule has 0 unspecified atom stereocenters. The zero-order valence-electron chi connectivity index (χ0n) is 10.6. The highest BCUT2D eigenvalue weighted by molar-refractivity contribution is 5.95. The average molecular weight is 284 g/mol. The lowest BCUT2D eigenvalue weighted by Gasteiger charge is -2.06. The zero-order chi connectivity index (χ0) is 14.6. The van der Waals surface area contributed by atoms with E-state index in [-0.39, 0.29) is 23.6 Å². The van der Waals surface area contributed by atoms with E-state index in [1.54, 1.807) is 12.1 Å². The molecule has 0 spiro atoms. The van der Waals surface area contributed by atoms with E-state index in [0.29, 0.717) is 22.4 Å². The molecule has 1 aliphatic heterocycles. The van der Waals surface area contributed by atoms with Gasteiger partial charge in [-0.05, 0) is 18.2 Å². The lowest BCUT2D eigenvalue weighted by atomic mass is 10.2. The Balaban J connectivity index is 2.19. The standard InChI is InChI=1S/C14H8N2O5/c17-13-8-4-10-11(21-6-20-10)5-9(8)15-12-7(14(18)19)2-1-3-16(12)13/h1-5H,6H2,(H,18,19). The van der Waals surface area contributed by atoms with Gasteiger partial charge in [-0.2, -0.15) is 0 Å². The maximum absolute atomic E-state index is 12.5. The molecule has 4 rings (SSSR count). The summed E-state index contributed by atoms with van der Waals surface area (Å²) < 4.78 is 11.7. The molecular formula is C14H8N2O5. The van der Waals surface area contributed by atoms with Crippen molar-refractivity contribution in [2.24, 2.45) is 0 Å². The normalized spacial score (nSPS) is 13.0. The Morgan fingerprint density at radius 2 is 2.05 bits per heavy atom. The number of rotatable bonds is 1. The Hall–Kier alpha value is -3.09. The molecule has 1 aromatic carbocycles. The first-order valence-electron chi connectivity index (χ1n) is 6.13. The van der Waals surface area contributed by atoms with E-state index in [1.807, 2.05) is 0 Å². The molecule has 0 fully saturated rings. The van der Waals surface area contributed by atoms with E-state index in [2.05, 4.69) is 4.98 Å². The third kappa shape index (κ3) is 1.57. The minimum atomic E-state index is -1.14. The Morgan fingerprint density at radius 1 is 1.29 bits per heavy atom. The largest absolute Gasteiger partial charge is 0.478 e. The molecule has 104 valence electrons. The first-order valence-corrected chi connectivity index (χ1v) is 6.13. The number of hydrogen-bond acceptors (Lipinski definition) is 5. The van der Waals surface area contributed by atoms with Gasteiger partial charge in [0.1, 0.15) is 5.56 Å². The molecule has 0 saturated carbocycles. The van der Waals surface area contributed by atoms with E-state index < -0.39 is 5.97 Å². The van der Waals surface area contributed by atoms with Crippen LogP contribution in [0.5, 0.6) is 11.5 Å². The number of nitrogens with zero attached hydrogens (tertiary/aromatic N) is 2. The number of benzene rings is 1. The summed E-state index contributed by atoms with van der Waals surface area (Å²) in [5.41, 5.74) is 0.0879. The first-order chi connectivity index (χ1) is 10.1. The van der Waals surface area contributed by atoms with Crippen LogP contribution in [-0.4, -0.2) is 27.3 Å². The molecule has 0 amide bonds. The SMILES string of the molecule is O=C(O)c1cccn2c(=O)c3cc4c(cc3nc12)OCO4. The summed E-state index contributed by atoms with van der Waals surface area (Å²) in [5, 5.41) is 9.55. The Morgan fingerprint density at radius 3 is 2.81 bits per heavy atom. The van der Waals surface area contributed by atoms with Crippen molar-refractivity contribution in [2.75, 3.05) is 6.79 Å². The summed E-state index contributed by atoms with van der Waals surface area (Å²) in [7, 11) is 0. The van der Waals surface area contributed by atoms with Crippen LogP contribution in [0.25, 0.3) is 16.6 Å². The fraction of sp³-hybridized carbons (Fsp3) is 0.0714. The predicted molar refractivity (Wildman–Crippen MR) is 72.1 cm³/mol. The number of carbonyl (C=O) groups is 1. The van der Waals surface area contributed by atoms with Crippen LogP contribution in [0.1, 0.15) is 10.4 Å². The van der Waals surface area contributed by atoms with Crippen molar-refractivity contribution < 1.29 is 19.4 Å².